The van der Waals surface area contributed by atoms with Crippen LogP contribution in [0.5, 0.6) is 0 Å². The Morgan fingerprint density at radius 1 is 1.37 bits per heavy atom. The quantitative estimate of drug-likeness (QED) is 0.853. The van der Waals surface area contributed by atoms with Crippen LogP contribution in [0.15, 0.2) is 36.8 Å². The predicted octanol–water partition coefficient (Wildman–Crippen LogP) is 3.13. The van der Waals surface area contributed by atoms with Crippen LogP contribution in [-0.4, -0.2) is 16.5 Å². The Morgan fingerprint density at radius 3 is 2.89 bits per heavy atom. The van der Waals surface area contributed by atoms with E-state index in [9.17, 15) is 0 Å². The third-order valence-electron chi connectivity index (χ3n) is 2.77. The molecule has 2 aromatic rings. The van der Waals surface area contributed by atoms with Gasteiger partial charge in [-0.05, 0) is 24.1 Å². The van der Waals surface area contributed by atoms with Crippen molar-refractivity contribution in [1.29, 1.82) is 0 Å². The molecule has 1 heterocycles. The molecule has 5 heteroatoms. The third-order valence-corrected chi connectivity index (χ3v) is 3.03. The van der Waals surface area contributed by atoms with Crippen LogP contribution in [0.25, 0.3) is 0 Å². The lowest BCUT2D eigenvalue weighted by Crippen LogP contribution is -2.25. The van der Waals surface area contributed by atoms with Gasteiger partial charge in [-0.3, -0.25) is 0 Å². The number of benzene rings is 1. The molecule has 0 atom stereocenters. The van der Waals surface area contributed by atoms with E-state index in [-0.39, 0.29) is 0 Å². The molecule has 100 valence electrons. The zero-order valence-electron chi connectivity index (χ0n) is 10.9. The third kappa shape index (κ3) is 3.58. The van der Waals surface area contributed by atoms with Crippen molar-refractivity contribution in [3.63, 3.8) is 0 Å². The summed E-state index contributed by atoms with van der Waals surface area (Å²) in [5.41, 5.74) is 7.71. The minimum Gasteiger partial charge on any atom is -0.399 e. The van der Waals surface area contributed by atoms with Crippen molar-refractivity contribution in [2.24, 2.45) is 0 Å². The summed E-state index contributed by atoms with van der Waals surface area (Å²) in [7, 11) is 0. The lowest BCUT2D eigenvalue weighted by atomic mass is 10.2. The van der Waals surface area contributed by atoms with Gasteiger partial charge >= 0.3 is 0 Å². The molecule has 1 aromatic carbocycles. The van der Waals surface area contributed by atoms with Gasteiger partial charge in [-0.25, -0.2) is 9.97 Å². The normalized spacial score (nSPS) is 10.4. The minimum absolute atomic E-state index is 0.569. The van der Waals surface area contributed by atoms with Gasteiger partial charge in [0.15, 0.2) is 5.82 Å². The maximum Gasteiger partial charge on any atom is 0.151 e. The lowest BCUT2D eigenvalue weighted by Gasteiger charge is -2.24. The highest BCUT2D eigenvalue weighted by Crippen LogP contribution is 2.23. The molecule has 1 aromatic heterocycles. The van der Waals surface area contributed by atoms with Crippen molar-refractivity contribution >= 4 is 23.1 Å². The summed E-state index contributed by atoms with van der Waals surface area (Å²) in [5, 5.41) is 0.569. The van der Waals surface area contributed by atoms with Gasteiger partial charge in [0.05, 0.1) is 6.20 Å². The van der Waals surface area contributed by atoms with Crippen LogP contribution in [0.2, 0.25) is 5.02 Å². The number of hydrogen-bond acceptors (Lipinski definition) is 4. The second-order valence-electron chi connectivity index (χ2n) is 4.36. The number of nitrogen functional groups attached to an aromatic ring is 1. The smallest absolute Gasteiger partial charge is 0.151 e. The number of nitrogens with two attached hydrogens (primary N) is 1. The van der Waals surface area contributed by atoms with Crippen LogP contribution in [0.1, 0.15) is 18.9 Å². The van der Waals surface area contributed by atoms with Crippen LogP contribution >= 0.6 is 11.6 Å². The number of aromatic nitrogens is 2. The van der Waals surface area contributed by atoms with Gasteiger partial charge in [-0.2, -0.15) is 0 Å². The molecule has 0 aliphatic heterocycles. The average molecular weight is 277 g/mol. The first-order valence-electron chi connectivity index (χ1n) is 6.25. The fourth-order valence-corrected chi connectivity index (χ4v) is 2.21. The molecule has 0 aliphatic carbocycles. The number of nitrogens with zero attached hydrogens (tertiary/aromatic N) is 3. The first kappa shape index (κ1) is 13.6. The number of halogens is 1. The van der Waals surface area contributed by atoms with Gasteiger partial charge in [0, 0.05) is 18.8 Å². The van der Waals surface area contributed by atoms with Gasteiger partial charge in [-0.15, -0.1) is 0 Å². The van der Waals surface area contributed by atoms with Crippen LogP contribution in [0.3, 0.4) is 0 Å². The molecule has 0 aliphatic rings. The van der Waals surface area contributed by atoms with Crippen molar-refractivity contribution in [2.45, 2.75) is 19.9 Å². The minimum atomic E-state index is 0.569. The zero-order chi connectivity index (χ0) is 13.7. The SMILES string of the molecule is CCCN(Cc1cccc(N)c1)c1ncncc1Cl. The summed E-state index contributed by atoms with van der Waals surface area (Å²) in [6.45, 7) is 3.74. The Labute approximate surface area is 118 Å². The first-order valence-corrected chi connectivity index (χ1v) is 6.63. The maximum absolute atomic E-state index is 6.16. The fourth-order valence-electron chi connectivity index (χ4n) is 1.98. The van der Waals surface area contributed by atoms with Crippen molar-refractivity contribution in [2.75, 3.05) is 17.2 Å². The molecule has 0 saturated carbocycles. The molecule has 0 unspecified atom stereocenters. The van der Waals surface area contributed by atoms with E-state index in [2.05, 4.69) is 21.8 Å². The highest BCUT2D eigenvalue weighted by Gasteiger charge is 2.11. The van der Waals surface area contributed by atoms with E-state index in [1.807, 2.05) is 24.3 Å². The predicted molar refractivity (Wildman–Crippen MR) is 79.2 cm³/mol. The molecule has 19 heavy (non-hydrogen) atoms. The maximum atomic E-state index is 6.16. The van der Waals surface area contributed by atoms with Gasteiger partial charge in [0.2, 0.25) is 0 Å². The van der Waals surface area contributed by atoms with Crippen LogP contribution < -0.4 is 10.6 Å². The Hall–Kier alpha value is -1.81. The van der Waals surface area contributed by atoms with Crippen molar-refractivity contribution in [1.82, 2.24) is 9.97 Å². The summed E-state index contributed by atoms with van der Waals surface area (Å²) >= 11 is 6.16. The van der Waals surface area contributed by atoms with Gasteiger partial charge in [0.25, 0.3) is 0 Å². The standard InChI is InChI=1S/C14H17ClN4/c1-2-6-19(14-13(15)8-17-10-18-14)9-11-4-3-5-12(16)7-11/h3-5,7-8,10H,2,6,9,16H2,1H3. The van der Waals surface area contributed by atoms with E-state index < -0.39 is 0 Å². The average Bonchev–Trinajstić information content (AvgIpc) is 2.39. The monoisotopic (exact) mass is 276 g/mol. The van der Waals surface area contributed by atoms with Gasteiger partial charge in [-0.1, -0.05) is 30.7 Å². The molecule has 0 fully saturated rings. The summed E-state index contributed by atoms with van der Waals surface area (Å²) < 4.78 is 0. The van der Waals surface area contributed by atoms with Crippen LogP contribution in [0.4, 0.5) is 11.5 Å². The number of rotatable bonds is 5. The highest BCUT2D eigenvalue weighted by molar-refractivity contribution is 6.32. The lowest BCUT2D eigenvalue weighted by molar-refractivity contribution is 0.753. The molecular weight excluding hydrogens is 260 g/mol. The summed E-state index contributed by atoms with van der Waals surface area (Å²) in [6.07, 6.45) is 4.15. The van der Waals surface area contributed by atoms with E-state index >= 15 is 0 Å². The van der Waals surface area contributed by atoms with E-state index in [0.29, 0.717) is 5.02 Å². The van der Waals surface area contributed by atoms with Crippen molar-refractivity contribution in [3.05, 3.63) is 47.4 Å². The molecule has 4 nitrogen and oxygen atoms in total. The molecule has 0 radical (unpaired) electrons. The Kier molecular flexibility index (Phi) is 4.58. The highest BCUT2D eigenvalue weighted by atomic mass is 35.5. The summed E-state index contributed by atoms with van der Waals surface area (Å²) in [4.78, 5) is 10.3. The van der Waals surface area contributed by atoms with E-state index in [1.165, 1.54) is 6.33 Å². The van der Waals surface area contributed by atoms with Crippen LogP contribution in [-0.2, 0) is 6.54 Å². The Balaban J connectivity index is 2.24. The van der Waals surface area contributed by atoms with E-state index in [4.69, 9.17) is 17.3 Å². The molecule has 0 bridgehead atoms. The molecule has 2 N–H and O–H groups in total. The van der Waals surface area contributed by atoms with E-state index in [0.717, 1.165) is 36.6 Å². The number of hydrogen-bond donors (Lipinski definition) is 1. The number of anilines is 2. The second-order valence-corrected chi connectivity index (χ2v) is 4.77. The van der Waals surface area contributed by atoms with Gasteiger partial charge < -0.3 is 10.6 Å². The summed E-state index contributed by atoms with van der Waals surface area (Å²) in [5.74, 6) is 0.765. The molecular formula is C14H17ClN4. The fraction of sp³-hybridized carbons (Fsp3) is 0.286. The van der Waals surface area contributed by atoms with Crippen molar-refractivity contribution < 1.29 is 0 Å². The second kappa shape index (κ2) is 6.38. The van der Waals surface area contributed by atoms with Gasteiger partial charge in [0.1, 0.15) is 11.3 Å². The molecule has 0 spiro atoms. The van der Waals surface area contributed by atoms with E-state index in [1.54, 1.807) is 6.20 Å². The Morgan fingerprint density at radius 2 is 2.21 bits per heavy atom. The first-order chi connectivity index (χ1) is 9.20. The van der Waals surface area contributed by atoms with Crippen molar-refractivity contribution in [3.8, 4) is 0 Å². The largest absolute Gasteiger partial charge is 0.399 e. The molecule has 0 amide bonds. The summed E-state index contributed by atoms with van der Waals surface area (Å²) in [6, 6.07) is 7.85. The Bertz CT molecular complexity index is 544. The topological polar surface area (TPSA) is 55.0 Å². The van der Waals surface area contributed by atoms with Crippen LogP contribution in [0, 0.1) is 0 Å². The molecule has 2 rings (SSSR count). The zero-order valence-corrected chi connectivity index (χ0v) is 11.6. The molecule has 0 saturated heterocycles.